The van der Waals surface area contributed by atoms with Crippen molar-refractivity contribution in [2.45, 2.75) is 32.8 Å². The Morgan fingerprint density at radius 3 is 2.96 bits per heavy atom. The number of benzene rings is 1. The predicted molar refractivity (Wildman–Crippen MR) is 103 cm³/mol. The molecule has 1 N–H and O–H groups in total. The minimum absolute atomic E-state index is 0.0119. The van der Waals surface area contributed by atoms with Crippen molar-refractivity contribution in [1.82, 2.24) is 10.2 Å². The number of methoxy groups -OCH3 is 1. The number of likely N-dealkylation sites (tertiary alicyclic amines) is 1. The van der Waals surface area contributed by atoms with E-state index in [9.17, 15) is 0 Å². The third kappa shape index (κ3) is 4.61. The lowest BCUT2D eigenvalue weighted by Gasteiger charge is -2.25. The number of nitrogens with zero attached hydrogens (tertiary/aromatic N) is 2. The van der Waals surface area contributed by atoms with Gasteiger partial charge in [-0.1, -0.05) is 6.07 Å². The highest BCUT2D eigenvalue weighted by Gasteiger charge is 2.42. The number of guanidine groups is 1. The second kappa shape index (κ2) is 8.62. The Labute approximate surface area is 156 Å². The number of hydrogen-bond donors (Lipinski definition) is 1. The first-order chi connectivity index (χ1) is 12.6. The maximum Gasteiger partial charge on any atom is 0.194 e. The average molecular weight is 361 g/mol. The van der Waals surface area contributed by atoms with Gasteiger partial charge in [0.15, 0.2) is 5.96 Å². The van der Waals surface area contributed by atoms with Crippen LogP contribution in [-0.4, -0.2) is 63.5 Å². The molecule has 1 aromatic carbocycles. The zero-order valence-electron chi connectivity index (χ0n) is 16.2. The number of nitrogens with one attached hydrogen (secondary N) is 1. The Bertz CT molecular complexity index is 614. The molecule has 2 atom stereocenters. The second-order valence-corrected chi connectivity index (χ2v) is 7.28. The van der Waals surface area contributed by atoms with Crippen LogP contribution < -0.4 is 14.8 Å². The minimum Gasteiger partial charge on any atom is -0.497 e. The van der Waals surface area contributed by atoms with E-state index in [1.165, 1.54) is 6.42 Å². The highest BCUT2D eigenvalue weighted by Crippen LogP contribution is 2.38. The van der Waals surface area contributed by atoms with Gasteiger partial charge in [-0.2, -0.15) is 0 Å². The fourth-order valence-corrected chi connectivity index (χ4v) is 3.67. The fourth-order valence-electron chi connectivity index (χ4n) is 3.67. The van der Waals surface area contributed by atoms with Gasteiger partial charge in [-0.05, 0) is 38.8 Å². The molecule has 3 rings (SSSR count). The lowest BCUT2D eigenvalue weighted by atomic mass is 9.87. The normalized spacial score (nSPS) is 24.1. The SMILES string of the molecule is CCNC(=NCC(C)Oc1cccc(OC)c1)N1CCC2(CCOC2)C1. The molecule has 0 amide bonds. The van der Waals surface area contributed by atoms with Crippen molar-refractivity contribution >= 4 is 5.96 Å². The molecule has 2 unspecified atom stereocenters. The van der Waals surface area contributed by atoms with Crippen LogP contribution in [0.5, 0.6) is 11.5 Å². The van der Waals surface area contributed by atoms with Crippen LogP contribution in [0.2, 0.25) is 0 Å². The van der Waals surface area contributed by atoms with E-state index < -0.39 is 0 Å². The quantitative estimate of drug-likeness (QED) is 0.623. The molecule has 0 saturated carbocycles. The third-order valence-corrected chi connectivity index (χ3v) is 5.13. The van der Waals surface area contributed by atoms with Gasteiger partial charge in [0.1, 0.15) is 17.6 Å². The van der Waals surface area contributed by atoms with Gasteiger partial charge in [-0.25, -0.2) is 4.99 Å². The van der Waals surface area contributed by atoms with Crippen LogP contribution in [0.25, 0.3) is 0 Å². The van der Waals surface area contributed by atoms with E-state index in [-0.39, 0.29) is 6.10 Å². The summed E-state index contributed by atoms with van der Waals surface area (Å²) in [6, 6.07) is 7.68. The van der Waals surface area contributed by atoms with E-state index in [4.69, 9.17) is 19.2 Å². The van der Waals surface area contributed by atoms with Gasteiger partial charge in [0.2, 0.25) is 0 Å². The molecule has 2 aliphatic rings. The van der Waals surface area contributed by atoms with Crippen molar-refractivity contribution in [3.8, 4) is 11.5 Å². The zero-order chi connectivity index (χ0) is 18.4. The Hall–Kier alpha value is -1.95. The zero-order valence-corrected chi connectivity index (χ0v) is 16.2. The third-order valence-electron chi connectivity index (χ3n) is 5.13. The van der Waals surface area contributed by atoms with Crippen LogP contribution in [0, 0.1) is 5.41 Å². The first-order valence-electron chi connectivity index (χ1n) is 9.56. The number of hydrogen-bond acceptors (Lipinski definition) is 4. The van der Waals surface area contributed by atoms with E-state index in [2.05, 4.69) is 17.1 Å². The smallest absolute Gasteiger partial charge is 0.194 e. The molecule has 1 spiro atoms. The van der Waals surface area contributed by atoms with Crippen molar-refractivity contribution in [3.63, 3.8) is 0 Å². The summed E-state index contributed by atoms with van der Waals surface area (Å²) in [6.07, 6.45) is 2.34. The molecule has 6 heteroatoms. The summed E-state index contributed by atoms with van der Waals surface area (Å²) in [5.74, 6) is 2.59. The lowest BCUT2D eigenvalue weighted by Crippen LogP contribution is -2.42. The number of ether oxygens (including phenoxy) is 3. The first-order valence-corrected chi connectivity index (χ1v) is 9.56. The van der Waals surface area contributed by atoms with Gasteiger partial charge in [0, 0.05) is 37.7 Å². The molecule has 26 heavy (non-hydrogen) atoms. The van der Waals surface area contributed by atoms with E-state index >= 15 is 0 Å². The van der Waals surface area contributed by atoms with Crippen LogP contribution in [0.3, 0.4) is 0 Å². The Balaban J connectivity index is 1.58. The molecular formula is C20H31N3O3. The van der Waals surface area contributed by atoms with Crippen LogP contribution in [0.4, 0.5) is 0 Å². The summed E-state index contributed by atoms with van der Waals surface area (Å²) in [4.78, 5) is 7.19. The first kappa shape index (κ1) is 18.8. The van der Waals surface area contributed by atoms with E-state index in [1.807, 2.05) is 31.2 Å². The van der Waals surface area contributed by atoms with E-state index in [0.29, 0.717) is 12.0 Å². The maximum absolute atomic E-state index is 5.99. The summed E-state index contributed by atoms with van der Waals surface area (Å²) in [7, 11) is 1.66. The van der Waals surface area contributed by atoms with Crippen molar-refractivity contribution in [1.29, 1.82) is 0 Å². The second-order valence-electron chi connectivity index (χ2n) is 7.28. The summed E-state index contributed by atoms with van der Waals surface area (Å²) >= 11 is 0. The Morgan fingerprint density at radius 2 is 2.23 bits per heavy atom. The molecule has 0 bridgehead atoms. The highest BCUT2D eigenvalue weighted by molar-refractivity contribution is 5.80. The van der Waals surface area contributed by atoms with E-state index in [0.717, 1.165) is 56.7 Å². The highest BCUT2D eigenvalue weighted by atomic mass is 16.5. The van der Waals surface area contributed by atoms with Crippen molar-refractivity contribution < 1.29 is 14.2 Å². The minimum atomic E-state index is -0.0119. The molecule has 0 aromatic heterocycles. The van der Waals surface area contributed by atoms with Crippen molar-refractivity contribution in [3.05, 3.63) is 24.3 Å². The monoisotopic (exact) mass is 361 g/mol. The molecular weight excluding hydrogens is 330 g/mol. The largest absolute Gasteiger partial charge is 0.497 e. The fraction of sp³-hybridized carbons (Fsp3) is 0.650. The molecule has 0 radical (unpaired) electrons. The van der Waals surface area contributed by atoms with Gasteiger partial charge in [-0.3, -0.25) is 0 Å². The maximum atomic E-state index is 5.99. The van der Waals surface area contributed by atoms with Crippen LogP contribution >= 0.6 is 0 Å². The summed E-state index contributed by atoms with van der Waals surface area (Å²) in [5.41, 5.74) is 0.332. The molecule has 2 heterocycles. The molecule has 0 aliphatic carbocycles. The van der Waals surface area contributed by atoms with Gasteiger partial charge >= 0.3 is 0 Å². The molecule has 144 valence electrons. The van der Waals surface area contributed by atoms with Gasteiger partial charge in [-0.15, -0.1) is 0 Å². The van der Waals surface area contributed by atoms with Crippen LogP contribution in [0.15, 0.2) is 29.3 Å². The summed E-state index contributed by atoms with van der Waals surface area (Å²) < 4.78 is 16.9. The number of aliphatic imine (C=N–C) groups is 1. The Kier molecular flexibility index (Phi) is 6.25. The van der Waals surface area contributed by atoms with Crippen LogP contribution in [0.1, 0.15) is 26.7 Å². The predicted octanol–water partition coefficient (Wildman–Crippen LogP) is 2.54. The summed E-state index contributed by atoms with van der Waals surface area (Å²) in [5, 5.41) is 3.43. The van der Waals surface area contributed by atoms with Gasteiger partial charge < -0.3 is 24.4 Å². The number of rotatable bonds is 6. The average Bonchev–Trinajstić information content (AvgIpc) is 3.29. The standard InChI is InChI=1S/C20H31N3O3/c1-4-21-19(23-10-8-20(14-23)9-11-25-15-20)22-13-16(2)26-18-7-5-6-17(12-18)24-3/h5-7,12,16H,4,8-11,13-15H2,1-3H3,(H,21,22). The van der Waals surface area contributed by atoms with Crippen LogP contribution in [-0.2, 0) is 4.74 Å². The molecule has 2 saturated heterocycles. The topological polar surface area (TPSA) is 55.3 Å². The molecule has 1 aromatic rings. The van der Waals surface area contributed by atoms with Crippen molar-refractivity contribution in [2.75, 3.05) is 46.5 Å². The summed E-state index contributed by atoms with van der Waals surface area (Å²) in [6.45, 7) is 9.48. The van der Waals surface area contributed by atoms with E-state index in [1.54, 1.807) is 7.11 Å². The lowest BCUT2D eigenvalue weighted by molar-refractivity contribution is 0.156. The van der Waals surface area contributed by atoms with Gasteiger partial charge in [0.25, 0.3) is 0 Å². The van der Waals surface area contributed by atoms with Gasteiger partial charge in [0.05, 0.1) is 20.3 Å². The molecule has 6 nitrogen and oxygen atoms in total. The molecule has 2 fully saturated rings. The Morgan fingerprint density at radius 1 is 1.38 bits per heavy atom. The van der Waals surface area contributed by atoms with Crippen molar-refractivity contribution in [2.24, 2.45) is 10.4 Å². The molecule has 2 aliphatic heterocycles.